The second-order valence-corrected chi connectivity index (χ2v) is 6.63. The zero-order chi connectivity index (χ0) is 19.3. The minimum Gasteiger partial charge on any atom is -0.457 e. The van der Waals surface area contributed by atoms with E-state index in [0.717, 1.165) is 33.9 Å². The molecule has 4 aromatic rings. The number of rotatable bonds is 4. The van der Waals surface area contributed by atoms with E-state index in [1.54, 1.807) is 0 Å². The molecule has 3 aromatic carbocycles. The van der Waals surface area contributed by atoms with Gasteiger partial charge in [0.2, 0.25) is 0 Å². The predicted molar refractivity (Wildman–Crippen MR) is 114 cm³/mol. The third kappa shape index (κ3) is 3.71. The summed E-state index contributed by atoms with van der Waals surface area (Å²) in [5.41, 5.74) is 4.09. The molecular weight excluding hydrogens is 364 g/mol. The molecule has 3 nitrogen and oxygen atoms in total. The lowest BCUT2D eigenvalue weighted by Gasteiger charge is -2.10. The van der Waals surface area contributed by atoms with E-state index in [1.165, 1.54) is 0 Å². The van der Waals surface area contributed by atoms with E-state index in [4.69, 9.17) is 17.0 Å². The van der Waals surface area contributed by atoms with E-state index in [-0.39, 0.29) is 0 Å². The van der Waals surface area contributed by atoms with Crippen LogP contribution in [-0.2, 0) is 0 Å². The minimum absolute atomic E-state index is 0.434. The molecular formula is C24H16N2OS. The zero-order valence-electron chi connectivity index (χ0n) is 14.9. The standard InChI is InChI=1S/C24H16N2OS/c25-16-22-21(17-7-3-1-4-8-17)15-23(26-24(22)28)18-11-13-20(14-12-18)27-19-9-5-2-6-10-19/h1-15H,(H,26,28). The number of pyridine rings is 1. The van der Waals surface area contributed by atoms with Gasteiger partial charge in [0.05, 0.1) is 5.56 Å². The highest BCUT2D eigenvalue weighted by molar-refractivity contribution is 7.71. The van der Waals surface area contributed by atoms with Gasteiger partial charge in [0.15, 0.2) is 0 Å². The Morgan fingerprint density at radius 3 is 2.00 bits per heavy atom. The van der Waals surface area contributed by atoms with Crippen molar-refractivity contribution >= 4 is 12.2 Å². The number of nitriles is 1. The maximum Gasteiger partial charge on any atom is 0.127 e. The van der Waals surface area contributed by atoms with Crippen LogP contribution in [0.25, 0.3) is 22.4 Å². The van der Waals surface area contributed by atoms with Crippen molar-refractivity contribution in [2.75, 3.05) is 0 Å². The number of hydrogen-bond acceptors (Lipinski definition) is 3. The third-order valence-electron chi connectivity index (χ3n) is 4.37. The Morgan fingerprint density at radius 2 is 1.36 bits per heavy atom. The third-order valence-corrected chi connectivity index (χ3v) is 4.68. The summed E-state index contributed by atoms with van der Waals surface area (Å²) in [5.74, 6) is 1.55. The van der Waals surface area contributed by atoms with Crippen LogP contribution >= 0.6 is 12.2 Å². The number of aromatic nitrogens is 1. The first-order valence-electron chi connectivity index (χ1n) is 8.81. The van der Waals surface area contributed by atoms with Crippen molar-refractivity contribution in [1.82, 2.24) is 4.98 Å². The van der Waals surface area contributed by atoms with Crippen molar-refractivity contribution in [3.8, 4) is 40.0 Å². The molecule has 0 saturated heterocycles. The van der Waals surface area contributed by atoms with E-state index in [0.29, 0.717) is 10.2 Å². The first-order valence-corrected chi connectivity index (χ1v) is 9.21. The van der Waals surface area contributed by atoms with Crippen LogP contribution < -0.4 is 4.74 Å². The van der Waals surface area contributed by atoms with E-state index >= 15 is 0 Å². The average molecular weight is 380 g/mol. The number of hydrogen-bond donors (Lipinski definition) is 1. The number of ether oxygens (including phenoxy) is 1. The predicted octanol–water partition coefficient (Wildman–Crippen LogP) is 6.74. The Kier molecular flexibility index (Phi) is 5.01. The molecule has 0 fully saturated rings. The van der Waals surface area contributed by atoms with Gasteiger partial charge in [0.1, 0.15) is 22.2 Å². The first kappa shape index (κ1) is 17.7. The largest absolute Gasteiger partial charge is 0.457 e. The van der Waals surface area contributed by atoms with Crippen LogP contribution in [0.4, 0.5) is 0 Å². The van der Waals surface area contributed by atoms with Gasteiger partial charge >= 0.3 is 0 Å². The van der Waals surface area contributed by atoms with Gasteiger partial charge in [-0.25, -0.2) is 0 Å². The van der Waals surface area contributed by atoms with Gasteiger partial charge < -0.3 is 9.72 Å². The molecule has 4 heteroatoms. The molecule has 0 spiro atoms. The molecule has 0 atom stereocenters. The number of nitrogens with zero attached hydrogens (tertiary/aromatic N) is 1. The van der Waals surface area contributed by atoms with Gasteiger partial charge in [-0.3, -0.25) is 0 Å². The maximum absolute atomic E-state index is 9.55. The van der Waals surface area contributed by atoms with E-state index in [2.05, 4.69) is 11.1 Å². The van der Waals surface area contributed by atoms with Gasteiger partial charge in [-0.15, -0.1) is 0 Å². The van der Waals surface area contributed by atoms with Crippen molar-refractivity contribution in [3.63, 3.8) is 0 Å². The number of para-hydroxylation sites is 1. The number of benzene rings is 3. The molecule has 0 aliphatic heterocycles. The SMILES string of the molecule is N#Cc1c(-c2ccccc2)cc(-c2ccc(Oc3ccccc3)cc2)[nH]c1=S. The number of aromatic amines is 1. The normalized spacial score (nSPS) is 10.2. The smallest absolute Gasteiger partial charge is 0.127 e. The topological polar surface area (TPSA) is 48.8 Å². The average Bonchev–Trinajstić information content (AvgIpc) is 2.75. The number of nitrogens with one attached hydrogen (secondary N) is 1. The fraction of sp³-hybridized carbons (Fsp3) is 0. The molecule has 0 radical (unpaired) electrons. The molecule has 0 saturated carbocycles. The Labute approximate surface area is 168 Å². The molecule has 1 aromatic heterocycles. The summed E-state index contributed by atoms with van der Waals surface area (Å²) in [4.78, 5) is 3.17. The van der Waals surface area contributed by atoms with Gasteiger partial charge in [-0.2, -0.15) is 5.26 Å². The lowest BCUT2D eigenvalue weighted by Crippen LogP contribution is -1.93. The molecule has 0 unspecified atom stereocenters. The lowest BCUT2D eigenvalue weighted by atomic mass is 9.99. The van der Waals surface area contributed by atoms with Crippen molar-refractivity contribution in [3.05, 3.63) is 101 Å². The molecule has 28 heavy (non-hydrogen) atoms. The molecule has 1 heterocycles. The minimum atomic E-state index is 0.434. The molecule has 1 N–H and O–H groups in total. The maximum atomic E-state index is 9.55. The summed E-state index contributed by atoms with van der Waals surface area (Å²) >= 11 is 5.44. The Balaban J connectivity index is 1.71. The van der Waals surface area contributed by atoms with Crippen molar-refractivity contribution < 1.29 is 4.74 Å². The van der Waals surface area contributed by atoms with E-state index in [9.17, 15) is 5.26 Å². The summed E-state index contributed by atoms with van der Waals surface area (Å²) in [5, 5.41) is 9.55. The van der Waals surface area contributed by atoms with Crippen LogP contribution in [0.3, 0.4) is 0 Å². The highest BCUT2D eigenvalue weighted by atomic mass is 32.1. The van der Waals surface area contributed by atoms with Crippen LogP contribution in [0, 0.1) is 16.0 Å². The summed E-state index contributed by atoms with van der Waals surface area (Å²) in [6.45, 7) is 0. The summed E-state index contributed by atoms with van der Waals surface area (Å²) in [6, 6.07) is 31.4. The highest BCUT2D eigenvalue weighted by Crippen LogP contribution is 2.30. The highest BCUT2D eigenvalue weighted by Gasteiger charge is 2.10. The second kappa shape index (κ2) is 7.91. The van der Waals surface area contributed by atoms with Crippen molar-refractivity contribution in [2.24, 2.45) is 0 Å². The molecule has 0 bridgehead atoms. The monoisotopic (exact) mass is 380 g/mol. The Hall–Kier alpha value is -3.68. The van der Waals surface area contributed by atoms with Crippen molar-refractivity contribution in [1.29, 1.82) is 5.26 Å². The van der Waals surface area contributed by atoms with E-state index in [1.807, 2.05) is 91.0 Å². The van der Waals surface area contributed by atoms with Crippen LogP contribution in [-0.4, -0.2) is 4.98 Å². The van der Waals surface area contributed by atoms with Gasteiger partial charge in [0.25, 0.3) is 0 Å². The fourth-order valence-electron chi connectivity index (χ4n) is 3.00. The zero-order valence-corrected chi connectivity index (χ0v) is 15.7. The summed E-state index contributed by atoms with van der Waals surface area (Å²) in [7, 11) is 0. The quantitative estimate of drug-likeness (QED) is 0.399. The van der Waals surface area contributed by atoms with Crippen LogP contribution in [0.2, 0.25) is 0 Å². The molecule has 134 valence electrons. The Bertz CT molecular complexity index is 1190. The van der Waals surface area contributed by atoms with Crippen molar-refractivity contribution in [2.45, 2.75) is 0 Å². The summed E-state index contributed by atoms with van der Waals surface area (Å²) < 4.78 is 6.28. The van der Waals surface area contributed by atoms with Gasteiger partial charge in [0, 0.05) is 11.3 Å². The molecule has 0 amide bonds. The summed E-state index contributed by atoms with van der Waals surface area (Å²) in [6.07, 6.45) is 0. The van der Waals surface area contributed by atoms with Gasteiger partial charge in [-0.1, -0.05) is 60.7 Å². The van der Waals surface area contributed by atoms with Gasteiger partial charge in [-0.05, 0) is 53.6 Å². The number of H-pyrrole nitrogens is 1. The molecule has 0 aliphatic carbocycles. The van der Waals surface area contributed by atoms with Crippen LogP contribution in [0.5, 0.6) is 11.5 Å². The Morgan fingerprint density at radius 1 is 0.750 bits per heavy atom. The molecule has 4 rings (SSSR count). The van der Waals surface area contributed by atoms with Crippen LogP contribution in [0.15, 0.2) is 91.0 Å². The second-order valence-electron chi connectivity index (χ2n) is 6.22. The van der Waals surface area contributed by atoms with E-state index < -0.39 is 0 Å². The molecule has 0 aliphatic rings. The lowest BCUT2D eigenvalue weighted by molar-refractivity contribution is 0.483. The first-order chi connectivity index (χ1) is 13.7. The van der Waals surface area contributed by atoms with Crippen LogP contribution in [0.1, 0.15) is 5.56 Å². The fourth-order valence-corrected chi connectivity index (χ4v) is 3.26.